The first-order valence-electron chi connectivity index (χ1n) is 10.9. The molecule has 33 heavy (non-hydrogen) atoms. The Kier molecular flexibility index (Phi) is 7.55. The van der Waals surface area contributed by atoms with Crippen LogP contribution in [-0.4, -0.2) is 69.2 Å². The van der Waals surface area contributed by atoms with Gasteiger partial charge in [0.2, 0.25) is 0 Å². The van der Waals surface area contributed by atoms with Crippen LogP contribution in [0.3, 0.4) is 0 Å². The summed E-state index contributed by atoms with van der Waals surface area (Å²) in [6.45, 7) is 0.664. The van der Waals surface area contributed by atoms with Crippen molar-refractivity contribution in [1.29, 1.82) is 0 Å². The molecule has 3 aromatic rings. The third-order valence-electron chi connectivity index (χ3n) is 5.96. The quantitative estimate of drug-likeness (QED) is 0.312. The second-order valence-electron chi connectivity index (χ2n) is 8.25. The van der Waals surface area contributed by atoms with Crippen LogP contribution in [-0.2, 0) is 11.2 Å². The zero-order chi connectivity index (χ0) is 23.5. The van der Waals surface area contributed by atoms with Crippen LogP contribution >= 0.6 is 11.6 Å². The maximum absolute atomic E-state index is 10.6. The number of rotatable bonds is 8. The van der Waals surface area contributed by atoms with Gasteiger partial charge in [0.05, 0.1) is 18.7 Å². The SMILES string of the molecule is NCCCOc1ccc(Cc2cn([C@@H]3O[C@H](CO)[C@@H](O)[C@H](O)[C@H]3O)c3cc(Cl)ccc23)cc1. The number of aromatic nitrogens is 1. The van der Waals surface area contributed by atoms with Crippen molar-refractivity contribution in [1.82, 2.24) is 4.57 Å². The average Bonchev–Trinajstić information content (AvgIpc) is 3.16. The summed E-state index contributed by atoms with van der Waals surface area (Å²) in [5.74, 6) is 0.780. The van der Waals surface area contributed by atoms with Crippen LogP contribution in [0, 0.1) is 0 Å². The first-order chi connectivity index (χ1) is 15.9. The van der Waals surface area contributed by atoms with E-state index in [0.717, 1.165) is 28.7 Å². The molecule has 9 heteroatoms. The van der Waals surface area contributed by atoms with Crippen molar-refractivity contribution >= 4 is 22.5 Å². The van der Waals surface area contributed by atoms with Crippen molar-refractivity contribution in [3.05, 3.63) is 64.8 Å². The summed E-state index contributed by atoms with van der Waals surface area (Å²) in [5, 5.41) is 42.0. The van der Waals surface area contributed by atoms with Gasteiger partial charge in [0, 0.05) is 16.6 Å². The summed E-state index contributed by atoms with van der Waals surface area (Å²) < 4.78 is 13.1. The Labute approximate surface area is 196 Å². The normalized spacial score (nSPS) is 25.5. The van der Waals surface area contributed by atoms with Gasteiger partial charge >= 0.3 is 0 Å². The molecule has 2 heterocycles. The minimum Gasteiger partial charge on any atom is -0.494 e. The average molecular weight is 477 g/mol. The van der Waals surface area contributed by atoms with Crippen molar-refractivity contribution in [3.8, 4) is 5.75 Å². The zero-order valence-corrected chi connectivity index (χ0v) is 18.8. The fourth-order valence-corrected chi connectivity index (χ4v) is 4.32. The van der Waals surface area contributed by atoms with Crippen molar-refractivity contribution in [2.75, 3.05) is 19.8 Å². The molecule has 1 saturated heterocycles. The number of fused-ring (bicyclic) bond motifs is 1. The number of benzene rings is 2. The Balaban J connectivity index is 1.64. The molecule has 1 aliphatic heterocycles. The topological polar surface area (TPSA) is 130 Å². The number of nitrogens with two attached hydrogens (primary N) is 1. The minimum absolute atomic E-state index is 0.492. The smallest absolute Gasteiger partial charge is 0.163 e. The lowest BCUT2D eigenvalue weighted by Crippen LogP contribution is -2.56. The Hall–Kier alpha value is -2.17. The summed E-state index contributed by atoms with van der Waals surface area (Å²) >= 11 is 6.24. The van der Waals surface area contributed by atoms with Crippen LogP contribution in [0.5, 0.6) is 5.75 Å². The Morgan fingerprint density at radius 1 is 1.03 bits per heavy atom. The van der Waals surface area contributed by atoms with Crippen LogP contribution in [0.15, 0.2) is 48.7 Å². The number of hydrogen-bond donors (Lipinski definition) is 5. The number of nitrogens with zero attached hydrogens (tertiary/aromatic N) is 1. The van der Waals surface area contributed by atoms with Crippen LogP contribution in [0.4, 0.5) is 0 Å². The van der Waals surface area contributed by atoms with Crippen molar-refractivity contribution in [2.24, 2.45) is 5.73 Å². The van der Waals surface area contributed by atoms with E-state index < -0.39 is 37.3 Å². The summed E-state index contributed by atoms with van der Waals surface area (Å²) in [7, 11) is 0. The molecule has 0 spiro atoms. The molecule has 0 aliphatic carbocycles. The predicted octanol–water partition coefficient (Wildman–Crippen LogP) is 1.59. The number of ether oxygens (including phenoxy) is 2. The zero-order valence-electron chi connectivity index (χ0n) is 18.0. The largest absolute Gasteiger partial charge is 0.494 e. The maximum atomic E-state index is 10.6. The highest BCUT2D eigenvalue weighted by Gasteiger charge is 2.44. The lowest BCUT2D eigenvalue weighted by Gasteiger charge is -2.40. The second kappa shape index (κ2) is 10.4. The minimum atomic E-state index is -1.47. The van der Waals surface area contributed by atoms with E-state index in [2.05, 4.69) is 0 Å². The highest BCUT2D eigenvalue weighted by molar-refractivity contribution is 6.31. The lowest BCUT2D eigenvalue weighted by molar-refractivity contribution is -0.250. The van der Waals surface area contributed by atoms with Crippen molar-refractivity contribution in [2.45, 2.75) is 43.5 Å². The molecular weight excluding hydrogens is 448 g/mol. The van der Waals surface area contributed by atoms with Gasteiger partial charge in [-0.2, -0.15) is 0 Å². The molecule has 178 valence electrons. The standard InChI is InChI=1S/C24H29ClN2O6/c25-16-4-7-18-15(10-14-2-5-17(6-3-14)32-9-1-8-26)12-27(19(18)11-16)24-23(31)22(30)21(29)20(13-28)33-24/h2-7,11-12,20-24,28-31H,1,8-10,13,26H2/t20-,21-,22+,23-,24-/m1/s1. The molecule has 2 aromatic carbocycles. The van der Waals surface area contributed by atoms with E-state index in [1.807, 2.05) is 36.5 Å². The molecule has 4 rings (SSSR count). The van der Waals surface area contributed by atoms with E-state index in [9.17, 15) is 20.4 Å². The first kappa shape index (κ1) is 24.0. The summed E-state index contributed by atoms with van der Waals surface area (Å²) in [4.78, 5) is 0. The van der Waals surface area contributed by atoms with Gasteiger partial charge in [-0.1, -0.05) is 29.8 Å². The molecule has 8 nitrogen and oxygen atoms in total. The number of hydrogen-bond acceptors (Lipinski definition) is 7. The van der Waals surface area contributed by atoms with Crippen LogP contribution in [0.25, 0.3) is 10.9 Å². The summed E-state index contributed by atoms with van der Waals surface area (Å²) in [5.41, 5.74) is 8.24. The third-order valence-corrected chi connectivity index (χ3v) is 6.19. The Morgan fingerprint density at radius 3 is 2.48 bits per heavy atom. The monoisotopic (exact) mass is 476 g/mol. The van der Waals surface area contributed by atoms with E-state index in [-0.39, 0.29) is 0 Å². The van der Waals surface area contributed by atoms with Gasteiger partial charge in [-0.25, -0.2) is 0 Å². The second-order valence-corrected chi connectivity index (χ2v) is 8.69. The molecular formula is C24H29ClN2O6. The van der Waals surface area contributed by atoms with Crippen molar-refractivity contribution < 1.29 is 29.9 Å². The number of halogens is 1. The molecule has 5 atom stereocenters. The van der Waals surface area contributed by atoms with Crippen LogP contribution in [0.2, 0.25) is 5.02 Å². The predicted molar refractivity (Wildman–Crippen MR) is 124 cm³/mol. The summed E-state index contributed by atoms with van der Waals surface area (Å²) in [6.07, 6.45) is -3.04. The Bertz CT molecular complexity index is 1070. The fraction of sp³-hybridized carbons (Fsp3) is 0.417. The third kappa shape index (κ3) is 5.02. The van der Waals surface area contributed by atoms with E-state index >= 15 is 0 Å². The van der Waals surface area contributed by atoms with Gasteiger partial charge in [0.1, 0.15) is 30.2 Å². The molecule has 0 saturated carbocycles. The summed E-state index contributed by atoms with van der Waals surface area (Å²) in [6, 6.07) is 13.3. The molecule has 6 N–H and O–H groups in total. The van der Waals surface area contributed by atoms with Crippen molar-refractivity contribution in [3.63, 3.8) is 0 Å². The molecule has 0 amide bonds. The highest BCUT2D eigenvalue weighted by atomic mass is 35.5. The molecule has 0 bridgehead atoms. The van der Waals surface area contributed by atoms with Gasteiger partial charge in [-0.05, 0) is 54.8 Å². The molecule has 1 fully saturated rings. The van der Waals surface area contributed by atoms with E-state index in [4.69, 9.17) is 26.8 Å². The first-order valence-corrected chi connectivity index (χ1v) is 11.3. The van der Waals surface area contributed by atoms with Gasteiger partial charge in [-0.3, -0.25) is 0 Å². The molecule has 0 unspecified atom stereocenters. The van der Waals surface area contributed by atoms with Gasteiger partial charge < -0.3 is 40.2 Å². The number of aliphatic hydroxyl groups excluding tert-OH is 4. The van der Waals surface area contributed by atoms with Gasteiger partial charge in [-0.15, -0.1) is 0 Å². The van der Waals surface area contributed by atoms with Crippen LogP contribution in [0.1, 0.15) is 23.8 Å². The van der Waals surface area contributed by atoms with E-state index in [1.165, 1.54) is 0 Å². The van der Waals surface area contributed by atoms with Crippen LogP contribution < -0.4 is 10.5 Å². The number of aliphatic hydroxyl groups is 4. The maximum Gasteiger partial charge on any atom is 0.163 e. The van der Waals surface area contributed by atoms with Gasteiger partial charge in [0.15, 0.2) is 6.23 Å². The fourth-order valence-electron chi connectivity index (χ4n) is 4.16. The van der Waals surface area contributed by atoms with Gasteiger partial charge in [0.25, 0.3) is 0 Å². The van der Waals surface area contributed by atoms with E-state index in [1.54, 1.807) is 16.7 Å². The molecule has 1 aromatic heterocycles. The molecule has 1 aliphatic rings. The Morgan fingerprint density at radius 2 is 1.79 bits per heavy atom. The molecule has 0 radical (unpaired) electrons. The lowest BCUT2D eigenvalue weighted by atomic mass is 9.98. The van der Waals surface area contributed by atoms with E-state index in [0.29, 0.717) is 30.1 Å². The highest BCUT2D eigenvalue weighted by Crippen LogP contribution is 2.35.